The summed E-state index contributed by atoms with van der Waals surface area (Å²) in [5.74, 6) is -1.06. The zero-order chi connectivity index (χ0) is 14.7. The number of benzene rings is 2. The van der Waals surface area contributed by atoms with Crippen molar-refractivity contribution in [3.63, 3.8) is 0 Å². The molecule has 0 aliphatic rings. The number of hydrogen-bond donors (Lipinski definition) is 3. The third-order valence-corrected chi connectivity index (χ3v) is 2.90. The van der Waals surface area contributed by atoms with Gasteiger partial charge in [0.1, 0.15) is 11.5 Å². The second kappa shape index (κ2) is 5.51. The molecule has 0 radical (unpaired) electrons. The van der Waals surface area contributed by atoms with E-state index in [1.807, 2.05) is 6.07 Å². The maximum absolute atomic E-state index is 12.0. The third-order valence-electron chi connectivity index (χ3n) is 2.57. The number of aromatic hydroxyl groups is 2. The van der Waals surface area contributed by atoms with Gasteiger partial charge in [0, 0.05) is 0 Å². The molecule has 0 saturated heterocycles. The molecule has 0 bridgehead atoms. The van der Waals surface area contributed by atoms with Crippen molar-refractivity contribution in [1.29, 1.82) is 5.26 Å². The van der Waals surface area contributed by atoms with Gasteiger partial charge in [0.25, 0.3) is 5.91 Å². The highest BCUT2D eigenvalue weighted by Crippen LogP contribution is 2.26. The SMILES string of the molecule is N#Cc1ccc(Cl)c(NC(=O)c2cc(O)ccc2O)c1. The first-order valence-corrected chi connectivity index (χ1v) is 5.92. The minimum atomic E-state index is -0.643. The molecule has 0 saturated carbocycles. The highest BCUT2D eigenvalue weighted by molar-refractivity contribution is 6.34. The van der Waals surface area contributed by atoms with E-state index >= 15 is 0 Å². The van der Waals surface area contributed by atoms with Crippen LogP contribution in [0.25, 0.3) is 0 Å². The predicted molar refractivity (Wildman–Crippen MR) is 73.9 cm³/mol. The van der Waals surface area contributed by atoms with Gasteiger partial charge in [-0.2, -0.15) is 5.26 Å². The standard InChI is InChI=1S/C14H9ClN2O3/c15-11-3-1-8(7-16)5-12(11)17-14(20)10-6-9(18)2-4-13(10)19/h1-6,18-19H,(H,17,20). The van der Waals surface area contributed by atoms with Crippen molar-refractivity contribution in [2.75, 3.05) is 5.32 Å². The van der Waals surface area contributed by atoms with Crippen LogP contribution in [0.15, 0.2) is 36.4 Å². The van der Waals surface area contributed by atoms with Crippen molar-refractivity contribution in [2.45, 2.75) is 0 Å². The highest BCUT2D eigenvalue weighted by atomic mass is 35.5. The topological polar surface area (TPSA) is 93.4 Å². The lowest BCUT2D eigenvalue weighted by Gasteiger charge is -2.09. The van der Waals surface area contributed by atoms with Crippen LogP contribution in [0.1, 0.15) is 15.9 Å². The van der Waals surface area contributed by atoms with Gasteiger partial charge in [0.2, 0.25) is 0 Å². The molecule has 0 unspecified atom stereocenters. The van der Waals surface area contributed by atoms with Gasteiger partial charge in [-0.1, -0.05) is 11.6 Å². The zero-order valence-electron chi connectivity index (χ0n) is 10.1. The molecule has 2 aromatic rings. The summed E-state index contributed by atoms with van der Waals surface area (Å²) in [7, 11) is 0. The van der Waals surface area contributed by atoms with Gasteiger partial charge in [-0.25, -0.2) is 0 Å². The summed E-state index contributed by atoms with van der Waals surface area (Å²) < 4.78 is 0. The Morgan fingerprint density at radius 2 is 1.95 bits per heavy atom. The second-order valence-electron chi connectivity index (χ2n) is 3.96. The number of nitriles is 1. The molecule has 100 valence electrons. The smallest absolute Gasteiger partial charge is 0.259 e. The fourth-order valence-corrected chi connectivity index (χ4v) is 1.75. The van der Waals surface area contributed by atoms with Crippen LogP contribution in [0.3, 0.4) is 0 Å². The van der Waals surface area contributed by atoms with Crippen molar-refractivity contribution in [1.82, 2.24) is 0 Å². The van der Waals surface area contributed by atoms with Gasteiger partial charge < -0.3 is 15.5 Å². The Morgan fingerprint density at radius 1 is 1.20 bits per heavy atom. The fraction of sp³-hybridized carbons (Fsp3) is 0. The lowest BCUT2D eigenvalue weighted by atomic mass is 10.1. The maximum atomic E-state index is 12.0. The number of hydrogen-bond acceptors (Lipinski definition) is 4. The van der Waals surface area contributed by atoms with Gasteiger partial charge in [0.05, 0.1) is 27.9 Å². The molecule has 0 heterocycles. The molecule has 2 rings (SSSR count). The number of phenols is 2. The number of halogens is 1. The molecule has 0 spiro atoms. The quantitative estimate of drug-likeness (QED) is 0.741. The monoisotopic (exact) mass is 288 g/mol. The number of anilines is 1. The Morgan fingerprint density at radius 3 is 2.65 bits per heavy atom. The third kappa shape index (κ3) is 2.82. The molecule has 0 atom stereocenters. The second-order valence-corrected chi connectivity index (χ2v) is 4.37. The molecule has 5 nitrogen and oxygen atoms in total. The van der Waals surface area contributed by atoms with Crippen LogP contribution < -0.4 is 5.32 Å². The van der Waals surface area contributed by atoms with Gasteiger partial charge in [0.15, 0.2) is 0 Å². The van der Waals surface area contributed by atoms with Crippen LogP contribution in [0.4, 0.5) is 5.69 Å². The fourth-order valence-electron chi connectivity index (χ4n) is 1.59. The molecule has 0 aliphatic carbocycles. The molecule has 1 amide bonds. The molecule has 0 fully saturated rings. The van der Waals surface area contributed by atoms with E-state index in [0.717, 1.165) is 6.07 Å². The van der Waals surface area contributed by atoms with E-state index in [4.69, 9.17) is 16.9 Å². The molecule has 3 N–H and O–H groups in total. The first-order chi connectivity index (χ1) is 9.51. The van der Waals surface area contributed by atoms with E-state index in [2.05, 4.69) is 5.32 Å². The number of rotatable bonds is 2. The van der Waals surface area contributed by atoms with Crippen molar-refractivity contribution in [3.05, 3.63) is 52.5 Å². The lowest BCUT2D eigenvalue weighted by molar-refractivity contribution is 0.102. The number of nitrogens with one attached hydrogen (secondary N) is 1. The van der Waals surface area contributed by atoms with Crippen molar-refractivity contribution >= 4 is 23.2 Å². The van der Waals surface area contributed by atoms with E-state index in [1.54, 1.807) is 0 Å². The Kier molecular flexibility index (Phi) is 3.78. The van der Waals surface area contributed by atoms with E-state index in [-0.39, 0.29) is 27.8 Å². The Hall–Kier alpha value is -2.71. The summed E-state index contributed by atoms with van der Waals surface area (Å²) in [6.45, 7) is 0. The van der Waals surface area contributed by atoms with Gasteiger partial charge in [-0.3, -0.25) is 4.79 Å². The number of carbonyl (C=O) groups excluding carboxylic acids is 1. The number of phenolic OH excluding ortho intramolecular Hbond substituents is 2. The molecular formula is C14H9ClN2O3. The van der Waals surface area contributed by atoms with Crippen LogP contribution in [-0.2, 0) is 0 Å². The summed E-state index contributed by atoms with van der Waals surface area (Å²) >= 11 is 5.92. The van der Waals surface area contributed by atoms with Crippen molar-refractivity contribution < 1.29 is 15.0 Å². The predicted octanol–water partition coefficient (Wildman–Crippen LogP) is 2.88. The van der Waals surface area contributed by atoms with Gasteiger partial charge >= 0.3 is 0 Å². The van der Waals surface area contributed by atoms with Crippen molar-refractivity contribution in [2.24, 2.45) is 0 Å². The summed E-state index contributed by atoms with van der Waals surface area (Å²) in [5.41, 5.74) is 0.492. The summed E-state index contributed by atoms with van der Waals surface area (Å²) in [4.78, 5) is 12.0. The van der Waals surface area contributed by atoms with Gasteiger partial charge in [-0.05, 0) is 36.4 Å². The molecule has 0 aromatic heterocycles. The van der Waals surface area contributed by atoms with E-state index in [1.165, 1.54) is 30.3 Å². The van der Waals surface area contributed by atoms with Crippen LogP contribution in [-0.4, -0.2) is 16.1 Å². The van der Waals surface area contributed by atoms with Crippen molar-refractivity contribution in [3.8, 4) is 17.6 Å². The molecule has 6 heteroatoms. The summed E-state index contributed by atoms with van der Waals surface area (Å²) in [6, 6.07) is 9.94. The first kappa shape index (κ1) is 13.7. The zero-order valence-corrected chi connectivity index (χ0v) is 10.8. The molecular weight excluding hydrogens is 280 g/mol. The first-order valence-electron chi connectivity index (χ1n) is 5.54. The Bertz CT molecular complexity index is 723. The minimum Gasteiger partial charge on any atom is -0.508 e. The van der Waals surface area contributed by atoms with Gasteiger partial charge in [-0.15, -0.1) is 0 Å². The molecule has 20 heavy (non-hydrogen) atoms. The van der Waals surface area contributed by atoms with Crippen LogP contribution in [0, 0.1) is 11.3 Å². The average molecular weight is 289 g/mol. The largest absolute Gasteiger partial charge is 0.508 e. The summed E-state index contributed by atoms with van der Waals surface area (Å²) in [5, 5.41) is 30.5. The van der Waals surface area contributed by atoms with E-state index in [0.29, 0.717) is 5.56 Å². The average Bonchev–Trinajstić information content (AvgIpc) is 2.43. The summed E-state index contributed by atoms with van der Waals surface area (Å²) in [6.07, 6.45) is 0. The number of carbonyl (C=O) groups is 1. The van der Waals surface area contributed by atoms with Crippen LogP contribution in [0.2, 0.25) is 5.02 Å². The van der Waals surface area contributed by atoms with Crippen LogP contribution >= 0.6 is 11.6 Å². The molecule has 0 aliphatic heterocycles. The Labute approximate surface area is 119 Å². The number of nitrogens with zero attached hydrogens (tertiary/aromatic N) is 1. The maximum Gasteiger partial charge on any atom is 0.259 e. The number of amides is 1. The van der Waals surface area contributed by atoms with E-state index in [9.17, 15) is 15.0 Å². The lowest BCUT2D eigenvalue weighted by Crippen LogP contribution is -2.12. The van der Waals surface area contributed by atoms with Crippen LogP contribution in [0.5, 0.6) is 11.5 Å². The highest BCUT2D eigenvalue weighted by Gasteiger charge is 2.14. The van der Waals surface area contributed by atoms with E-state index < -0.39 is 5.91 Å². The normalized spacial score (nSPS) is 9.80. The molecule has 2 aromatic carbocycles. The minimum absolute atomic E-state index is 0.0940. The Balaban J connectivity index is 2.33.